The van der Waals surface area contributed by atoms with E-state index in [2.05, 4.69) is 5.32 Å². The zero-order valence-corrected chi connectivity index (χ0v) is 16.2. The second kappa shape index (κ2) is 14.6. The lowest BCUT2D eigenvalue weighted by Crippen LogP contribution is -2.51. The van der Waals surface area contributed by atoms with E-state index in [1.165, 1.54) is 0 Å². The molecule has 10 heteroatoms. The van der Waals surface area contributed by atoms with E-state index in [-0.39, 0.29) is 25.5 Å². The smallest absolute Gasteiger partial charge is 0.111 e. The summed E-state index contributed by atoms with van der Waals surface area (Å²) in [5, 5.41) is 80.0. The summed E-state index contributed by atoms with van der Waals surface area (Å²) in [6.07, 6.45) is -7.66. The van der Waals surface area contributed by atoms with Gasteiger partial charge in [0.1, 0.15) is 18.3 Å². The van der Waals surface area contributed by atoms with Crippen LogP contribution in [0.4, 0.5) is 0 Å². The molecule has 0 aliphatic heterocycles. The number of nitrogens with one attached hydrogen (secondary N) is 1. The lowest BCUT2D eigenvalue weighted by molar-refractivity contribution is -0.120. The third-order valence-electron chi connectivity index (χ3n) is 4.62. The minimum Gasteiger partial charge on any atom is -0.396 e. The molecule has 7 atom stereocenters. The molecule has 10 nitrogen and oxygen atoms in total. The maximum absolute atomic E-state index is 10.2. The van der Waals surface area contributed by atoms with Crippen molar-refractivity contribution in [1.29, 1.82) is 0 Å². The Labute approximate surface area is 160 Å². The lowest BCUT2D eigenvalue weighted by atomic mass is 9.96. The van der Waals surface area contributed by atoms with E-state index >= 15 is 0 Å². The zero-order chi connectivity index (χ0) is 21.0. The number of rotatable bonds is 16. The van der Waals surface area contributed by atoms with Gasteiger partial charge in [0.25, 0.3) is 0 Å². The van der Waals surface area contributed by atoms with Crippen LogP contribution in [0.5, 0.6) is 0 Å². The largest absolute Gasteiger partial charge is 0.396 e. The average Bonchev–Trinajstić information content (AvgIpc) is 2.65. The first-order valence-electron chi connectivity index (χ1n) is 9.36. The summed E-state index contributed by atoms with van der Waals surface area (Å²) in [5.74, 6) is -0.376. The SMILES string of the molecule is CNCCCN(C[C@H](C)[C@@H](O)[C@H](O)CCO)C[C@H](O)[C@@H](O)[C@H](O)[C@H](O)CO. The zero-order valence-electron chi connectivity index (χ0n) is 16.2. The van der Waals surface area contributed by atoms with Gasteiger partial charge in [0.05, 0.1) is 24.9 Å². The Bertz CT molecular complexity index is 366. The fourth-order valence-electron chi connectivity index (χ4n) is 2.87. The number of aliphatic hydroxyl groups is 8. The topological polar surface area (TPSA) is 177 Å². The Morgan fingerprint density at radius 2 is 1.41 bits per heavy atom. The van der Waals surface area contributed by atoms with Gasteiger partial charge in [-0.15, -0.1) is 0 Å². The third kappa shape index (κ3) is 10.1. The Balaban J connectivity index is 4.87. The summed E-state index contributed by atoms with van der Waals surface area (Å²) in [6, 6.07) is 0. The van der Waals surface area contributed by atoms with E-state index in [4.69, 9.17) is 10.2 Å². The molecule has 0 bridgehead atoms. The minimum absolute atomic E-state index is 0.0345. The molecule has 0 aliphatic rings. The van der Waals surface area contributed by atoms with Crippen molar-refractivity contribution in [2.24, 2.45) is 5.92 Å². The molecule has 0 saturated heterocycles. The van der Waals surface area contributed by atoms with Gasteiger partial charge in [0.15, 0.2) is 0 Å². The lowest BCUT2D eigenvalue weighted by Gasteiger charge is -2.33. The highest BCUT2D eigenvalue weighted by molar-refractivity contribution is 4.84. The number of aliphatic hydroxyl groups excluding tert-OH is 8. The van der Waals surface area contributed by atoms with Crippen molar-refractivity contribution in [3.05, 3.63) is 0 Å². The van der Waals surface area contributed by atoms with E-state index in [0.29, 0.717) is 19.6 Å². The van der Waals surface area contributed by atoms with Crippen LogP contribution in [-0.4, -0.2) is 129 Å². The van der Waals surface area contributed by atoms with Gasteiger partial charge >= 0.3 is 0 Å². The van der Waals surface area contributed by atoms with Crippen LogP contribution in [-0.2, 0) is 0 Å². The van der Waals surface area contributed by atoms with Gasteiger partial charge in [-0.3, -0.25) is 0 Å². The molecule has 164 valence electrons. The van der Waals surface area contributed by atoms with Crippen LogP contribution in [0.2, 0.25) is 0 Å². The second-order valence-electron chi connectivity index (χ2n) is 7.06. The van der Waals surface area contributed by atoms with Gasteiger partial charge in [-0.05, 0) is 38.9 Å². The first-order chi connectivity index (χ1) is 12.7. The molecule has 0 aromatic carbocycles. The summed E-state index contributed by atoms with van der Waals surface area (Å²) in [5.41, 5.74) is 0. The van der Waals surface area contributed by atoms with Crippen molar-refractivity contribution in [2.75, 3.05) is 46.4 Å². The summed E-state index contributed by atoms with van der Waals surface area (Å²) >= 11 is 0. The summed E-state index contributed by atoms with van der Waals surface area (Å²) in [7, 11) is 1.80. The van der Waals surface area contributed by atoms with Gasteiger partial charge < -0.3 is 51.1 Å². The van der Waals surface area contributed by atoms with Gasteiger partial charge in [-0.1, -0.05) is 6.92 Å². The van der Waals surface area contributed by atoms with E-state index in [1.54, 1.807) is 18.9 Å². The van der Waals surface area contributed by atoms with Crippen molar-refractivity contribution >= 4 is 0 Å². The van der Waals surface area contributed by atoms with Crippen molar-refractivity contribution in [1.82, 2.24) is 10.2 Å². The fraction of sp³-hybridized carbons (Fsp3) is 1.00. The predicted octanol–water partition coefficient (Wildman–Crippen LogP) is -3.93. The molecule has 0 spiro atoms. The van der Waals surface area contributed by atoms with Crippen molar-refractivity contribution < 1.29 is 40.9 Å². The molecule has 0 saturated carbocycles. The molecule has 0 aromatic heterocycles. The van der Waals surface area contributed by atoms with Crippen LogP contribution in [0, 0.1) is 5.92 Å². The summed E-state index contributed by atoms with van der Waals surface area (Å²) in [4.78, 5) is 1.78. The molecular weight excluding hydrogens is 360 g/mol. The van der Waals surface area contributed by atoms with Crippen LogP contribution in [0.15, 0.2) is 0 Å². The molecule has 9 N–H and O–H groups in total. The van der Waals surface area contributed by atoms with Crippen LogP contribution < -0.4 is 5.32 Å². The van der Waals surface area contributed by atoms with Gasteiger partial charge in [0.2, 0.25) is 0 Å². The highest BCUT2D eigenvalue weighted by Crippen LogP contribution is 2.14. The predicted molar refractivity (Wildman–Crippen MR) is 99.0 cm³/mol. The Morgan fingerprint density at radius 1 is 0.815 bits per heavy atom. The average molecular weight is 398 g/mol. The maximum atomic E-state index is 10.2. The maximum Gasteiger partial charge on any atom is 0.111 e. The molecule has 0 rings (SSSR count). The second-order valence-corrected chi connectivity index (χ2v) is 7.06. The number of hydrogen-bond acceptors (Lipinski definition) is 10. The Morgan fingerprint density at radius 3 is 1.93 bits per heavy atom. The van der Waals surface area contributed by atoms with Gasteiger partial charge in [-0.2, -0.15) is 0 Å². The number of nitrogens with zero attached hydrogens (tertiary/aromatic N) is 1. The Hall–Kier alpha value is -0.400. The molecule has 27 heavy (non-hydrogen) atoms. The standard InChI is InChI=1S/C17H38N2O8/c1-11(15(25)12(22)4-7-20)8-19(6-3-5-18-2)9-13(23)16(26)17(27)14(24)10-21/h11-18,20-27H,3-10H2,1-2H3/t11-,12+,13-,14+,15+,16+,17+/m0/s1. The van der Waals surface area contributed by atoms with Crippen LogP contribution in [0.25, 0.3) is 0 Å². The van der Waals surface area contributed by atoms with Crippen LogP contribution >= 0.6 is 0 Å². The molecule has 0 unspecified atom stereocenters. The third-order valence-corrected chi connectivity index (χ3v) is 4.62. The van der Waals surface area contributed by atoms with Gasteiger partial charge in [-0.25, -0.2) is 0 Å². The molecule has 0 aromatic rings. The first kappa shape index (κ1) is 26.6. The van der Waals surface area contributed by atoms with E-state index in [1.807, 2.05) is 0 Å². The molecular formula is C17H38N2O8. The first-order valence-corrected chi connectivity index (χ1v) is 9.36. The van der Waals surface area contributed by atoms with Crippen molar-refractivity contribution in [3.63, 3.8) is 0 Å². The molecule has 0 radical (unpaired) electrons. The highest BCUT2D eigenvalue weighted by Gasteiger charge is 2.32. The minimum atomic E-state index is -1.70. The molecule has 0 heterocycles. The monoisotopic (exact) mass is 398 g/mol. The van der Waals surface area contributed by atoms with Crippen LogP contribution in [0.3, 0.4) is 0 Å². The van der Waals surface area contributed by atoms with Crippen LogP contribution in [0.1, 0.15) is 19.8 Å². The normalized spacial score (nSPS) is 20.1. The highest BCUT2D eigenvalue weighted by atomic mass is 16.4. The molecule has 0 fully saturated rings. The number of hydrogen-bond donors (Lipinski definition) is 9. The van der Waals surface area contributed by atoms with Gasteiger partial charge in [0, 0.05) is 19.7 Å². The fourth-order valence-corrected chi connectivity index (χ4v) is 2.87. The van der Waals surface area contributed by atoms with E-state index < -0.39 is 43.2 Å². The molecule has 0 amide bonds. The van der Waals surface area contributed by atoms with E-state index in [0.717, 1.165) is 6.42 Å². The Kier molecular flexibility index (Phi) is 14.4. The summed E-state index contributed by atoms with van der Waals surface area (Å²) < 4.78 is 0. The quantitative estimate of drug-likeness (QED) is 0.117. The summed E-state index contributed by atoms with van der Waals surface area (Å²) in [6.45, 7) is 2.24. The van der Waals surface area contributed by atoms with Crippen molar-refractivity contribution in [3.8, 4) is 0 Å². The molecule has 0 aliphatic carbocycles. The van der Waals surface area contributed by atoms with E-state index in [9.17, 15) is 30.6 Å². The van der Waals surface area contributed by atoms with Crippen molar-refractivity contribution in [2.45, 2.75) is 56.4 Å².